The fraction of sp³-hybridized carbons (Fsp3) is 1.00. The summed E-state index contributed by atoms with van der Waals surface area (Å²) in [6, 6.07) is 0. The van der Waals surface area contributed by atoms with Gasteiger partial charge in [-0.1, -0.05) is 20.8 Å². The monoisotopic (exact) mass is 285 g/mol. The first-order valence-electron chi connectivity index (χ1n) is 8.11. The van der Waals surface area contributed by atoms with E-state index < -0.39 is 0 Å². The number of hydrogen-bond donors (Lipinski definition) is 0. The molecule has 2 saturated heterocycles. The van der Waals surface area contributed by atoms with Gasteiger partial charge in [0, 0.05) is 45.8 Å². The van der Waals surface area contributed by atoms with Gasteiger partial charge in [-0.2, -0.15) is 5.06 Å². The van der Waals surface area contributed by atoms with Gasteiger partial charge in [-0.05, 0) is 12.5 Å². The molecular weight excluding hydrogens is 254 g/mol. The lowest BCUT2D eigenvalue weighted by atomic mass is 10.2. The van der Waals surface area contributed by atoms with E-state index in [1.165, 1.54) is 6.54 Å². The molecule has 2 aliphatic heterocycles. The third kappa shape index (κ3) is 5.30. The number of rotatable bonds is 8. The topological polar surface area (TPSA) is 28.2 Å². The average Bonchev–Trinajstić information content (AvgIpc) is 2.37. The molecule has 0 bridgehead atoms. The summed E-state index contributed by atoms with van der Waals surface area (Å²) in [4.78, 5) is 10.7. The maximum Gasteiger partial charge on any atom is 0.0919 e. The molecule has 0 aromatic carbocycles. The van der Waals surface area contributed by atoms with Crippen LogP contribution < -0.4 is 0 Å². The molecule has 0 unspecified atom stereocenters. The molecule has 2 rings (SSSR count). The van der Waals surface area contributed by atoms with Gasteiger partial charge in [0.1, 0.15) is 0 Å². The standard InChI is InChI=1S/C15H31N3O2/c1-4-16-12-15(13-16)19-9-10-20-18-7-5-17(6-8-18)11-14(2)3/h14-15H,4-13H2,1-3H3. The molecule has 0 aliphatic carbocycles. The first kappa shape index (κ1) is 16.2. The minimum atomic E-state index is 0.432. The second-order valence-corrected chi connectivity index (χ2v) is 6.30. The summed E-state index contributed by atoms with van der Waals surface area (Å²) >= 11 is 0. The molecular formula is C15H31N3O2. The highest BCUT2D eigenvalue weighted by Crippen LogP contribution is 2.10. The molecule has 0 N–H and O–H groups in total. The van der Waals surface area contributed by atoms with Crippen LogP contribution in [0.15, 0.2) is 0 Å². The van der Waals surface area contributed by atoms with Crippen LogP contribution in [0.3, 0.4) is 0 Å². The minimum absolute atomic E-state index is 0.432. The van der Waals surface area contributed by atoms with Crippen LogP contribution in [-0.4, -0.2) is 86.5 Å². The van der Waals surface area contributed by atoms with E-state index in [9.17, 15) is 0 Å². The highest BCUT2D eigenvalue weighted by molar-refractivity contribution is 4.79. The number of likely N-dealkylation sites (N-methyl/N-ethyl adjacent to an activating group) is 1. The van der Waals surface area contributed by atoms with Crippen molar-refractivity contribution in [1.82, 2.24) is 14.9 Å². The first-order chi connectivity index (χ1) is 9.67. The lowest BCUT2D eigenvalue weighted by Gasteiger charge is -2.38. The summed E-state index contributed by atoms with van der Waals surface area (Å²) in [5, 5.41) is 2.10. The summed E-state index contributed by atoms with van der Waals surface area (Å²) in [6.45, 7) is 16.9. The quantitative estimate of drug-likeness (QED) is 0.618. The highest BCUT2D eigenvalue weighted by atomic mass is 16.7. The van der Waals surface area contributed by atoms with Gasteiger partial charge >= 0.3 is 0 Å². The van der Waals surface area contributed by atoms with Crippen LogP contribution in [0.25, 0.3) is 0 Å². The Balaban J connectivity index is 1.45. The van der Waals surface area contributed by atoms with Crippen LogP contribution in [0.5, 0.6) is 0 Å². The van der Waals surface area contributed by atoms with Gasteiger partial charge < -0.3 is 9.64 Å². The van der Waals surface area contributed by atoms with Crippen molar-refractivity contribution >= 4 is 0 Å². The Bertz CT molecular complexity index is 262. The van der Waals surface area contributed by atoms with E-state index >= 15 is 0 Å². The number of likely N-dealkylation sites (tertiary alicyclic amines) is 1. The van der Waals surface area contributed by atoms with Gasteiger partial charge in [-0.25, -0.2) is 0 Å². The lowest BCUT2D eigenvalue weighted by molar-refractivity contribution is -0.192. The van der Waals surface area contributed by atoms with Gasteiger partial charge in [-0.15, -0.1) is 0 Å². The normalized spacial score (nSPS) is 23.4. The Morgan fingerprint density at radius 2 is 1.70 bits per heavy atom. The van der Waals surface area contributed by atoms with Crippen molar-refractivity contribution < 1.29 is 9.57 Å². The number of piperazine rings is 1. The lowest BCUT2D eigenvalue weighted by Crippen LogP contribution is -2.52. The largest absolute Gasteiger partial charge is 0.373 e. The molecule has 20 heavy (non-hydrogen) atoms. The Morgan fingerprint density at radius 3 is 2.30 bits per heavy atom. The zero-order chi connectivity index (χ0) is 14.4. The number of nitrogens with zero attached hydrogens (tertiary/aromatic N) is 3. The molecule has 2 fully saturated rings. The molecule has 118 valence electrons. The molecule has 5 heteroatoms. The van der Waals surface area contributed by atoms with E-state index in [4.69, 9.17) is 9.57 Å². The Morgan fingerprint density at radius 1 is 1.00 bits per heavy atom. The van der Waals surface area contributed by atoms with Crippen LogP contribution in [-0.2, 0) is 9.57 Å². The molecule has 0 atom stereocenters. The molecule has 0 aromatic heterocycles. The van der Waals surface area contributed by atoms with Crippen molar-refractivity contribution in [3.63, 3.8) is 0 Å². The zero-order valence-electron chi connectivity index (χ0n) is 13.4. The number of hydroxylamine groups is 2. The van der Waals surface area contributed by atoms with Crippen LogP contribution in [0, 0.1) is 5.92 Å². The maximum atomic E-state index is 5.78. The summed E-state index contributed by atoms with van der Waals surface area (Å²) in [5.74, 6) is 0.751. The summed E-state index contributed by atoms with van der Waals surface area (Å²) in [5.41, 5.74) is 0. The first-order valence-corrected chi connectivity index (χ1v) is 8.11. The van der Waals surface area contributed by atoms with Crippen molar-refractivity contribution in [2.75, 3.05) is 65.6 Å². The zero-order valence-corrected chi connectivity index (χ0v) is 13.4. The minimum Gasteiger partial charge on any atom is -0.373 e. The second kappa shape index (κ2) is 8.29. The third-order valence-corrected chi connectivity index (χ3v) is 4.04. The smallest absolute Gasteiger partial charge is 0.0919 e. The summed E-state index contributed by atoms with van der Waals surface area (Å²) in [6.07, 6.45) is 0.432. The molecule has 0 amide bonds. The van der Waals surface area contributed by atoms with Crippen molar-refractivity contribution in [1.29, 1.82) is 0 Å². The molecule has 2 heterocycles. The van der Waals surface area contributed by atoms with Crippen molar-refractivity contribution in [2.24, 2.45) is 5.92 Å². The van der Waals surface area contributed by atoms with Gasteiger partial charge in [-0.3, -0.25) is 9.74 Å². The third-order valence-electron chi connectivity index (χ3n) is 4.04. The molecule has 0 saturated carbocycles. The van der Waals surface area contributed by atoms with E-state index in [0.29, 0.717) is 19.3 Å². The van der Waals surface area contributed by atoms with E-state index in [0.717, 1.165) is 51.7 Å². The Kier molecular flexibility index (Phi) is 6.71. The van der Waals surface area contributed by atoms with Crippen molar-refractivity contribution in [2.45, 2.75) is 26.9 Å². The predicted molar refractivity (Wildman–Crippen MR) is 80.7 cm³/mol. The highest BCUT2D eigenvalue weighted by Gasteiger charge is 2.25. The van der Waals surface area contributed by atoms with Crippen LogP contribution >= 0.6 is 0 Å². The van der Waals surface area contributed by atoms with Crippen molar-refractivity contribution in [3.8, 4) is 0 Å². The summed E-state index contributed by atoms with van der Waals surface area (Å²) in [7, 11) is 0. The van der Waals surface area contributed by atoms with E-state index in [1.807, 2.05) is 0 Å². The van der Waals surface area contributed by atoms with Crippen molar-refractivity contribution in [3.05, 3.63) is 0 Å². The molecule has 0 aromatic rings. The SMILES string of the molecule is CCN1CC(OCCON2CCN(CC(C)C)CC2)C1. The van der Waals surface area contributed by atoms with E-state index in [2.05, 4.69) is 35.6 Å². The summed E-state index contributed by atoms with van der Waals surface area (Å²) < 4.78 is 5.77. The fourth-order valence-electron chi connectivity index (χ4n) is 2.82. The van der Waals surface area contributed by atoms with Gasteiger partial charge in [0.15, 0.2) is 0 Å². The van der Waals surface area contributed by atoms with Gasteiger partial charge in [0.25, 0.3) is 0 Å². The Hall–Kier alpha value is -0.200. The number of ether oxygens (including phenoxy) is 1. The van der Waals surface area contributed by atoms with Crippen LogP contribution in [0.2, 0.25) is 0 Å². The maximum absolute atomic E-state index is 5.78. The predicted octanol–water partition coefficient (Wildman–Crippen LogP) is 0.912. The molecule has 2 aliphatic rings. The number of hydrogen-bond acceptors (Lipinski definition) is 5. The van der Waals surface area contributed by atoms with E-state index in [-0.39, 0.29) is 0 Å². The Labute approximate surface area is 123 Å². The molecule has 5 nitrogen and oxygen atoms in total. The average molecular weight is 285 g/mol. The van der Waals surface area contributed by atoms with Gasteiger partial charge in [0.05, 0.1) is 19.3 Å². The second-order valence-electron chi connectivity index (χ2n) is 6.30. The fourth-order valence-corrected chi connectivity index (χ4v) is 2.82. The van der Waals surface area contributed by atoms with Gasteiger partial charge in [0.2, 0.25) is 0 Å². The van der Waals surface area contributed by atoms with E-state index in [1.54, 1.807) is 0 Å². The van der Waals surface area contributed by atoms with Crippen LogP contribution in [0.4, 0.5) is 0 Å². The molecule has 0 spiro atoms. The molecule has 0 radical (unpaired) electrons. The van der Waals surface area contributed by atoms with Crippen LogP contribution in [0.1, 0.15) is 20.8 Å².